The third-order valence-electron chi connectivity index (χ3n) is 0.632. The molecule has 0 heterocycles. The quantitative estimate of drug-likeness (QED) is 0.471. The van der Waals surface area contributed by atoms with Crippen molar-refractivity contribution in [3.8, 4) is 0 Å². The molecule has 0 aromatic carbocycles. The zero-order valence-corrected chi connectivity index (χ0v) is 3.95. The summed E-state index contributed by atoms with van der Waals surface area (Å²) in [5.41, 5.74) is 0. The van der Waals surface area contributed by atoms with Crippen LogP contribution in [0.5, 0.6) is 0 Å². The number of alkyl halides is 2. The molecule has 41 valence electrons. The van der Waals surface area contributed by atoms with E-state index in [1.54, 1.807) is 0 Å². The molecule has 0 bridgehead atoms. The summed E-state index contributed by atoms with van der Waals surface area (Å²) in [5.74, 6) is -2.76. The first-order valence-electron chi connectivity index (χ1n) is 1.93. The zero-order chi connectivity index (χ0) is 5.91. The lowest BCUT2D eigenvalue weighted by molar-refractivity contribution is 0.0584. The van der Waals surface area contributed by atoms with E-state index < -0.39 is 12.3 Å². The largest absolute Gasteiger partial charge is 0.266 e. The van der Waals surface area contributed by atoms with Gasteiger partial charge in [-0.15, -0.1) is 0 Å². The molecule has 0 aliphatic rings. The molecule has 0 saturated heterocycles. The van der Waals surface area contributed by atoms with Crippen molar-refractivity contribution < 1.29 is 8.78 Å². The van der Waals surface area contributed by atoms with Gasteiger partial charge >= 0.3 is 0 Å². The Labute approximate surface area is 41.8 Å². The van der Waals surface area contributed by atoms with Crippen LogP contribution in [-0.4, -0.2) is 5.92 Å². The van der Waals surface area contributed by atoms with Crippen molar-refractivity contribution in [1.82, 2.24) is 0 Å². The molecule has 0 N–H and O–H groups in total. The van der Waals surface area contributed by atoms with E-state index in [-0.39, 0.29) is 0 Å². The Kier molecular flexibility index (Phi) is 1.93. The second-order valence-electron chi connectivity index (χ2n) is 1.22. The van der Waals surface area contributed by atoms with Gasteiger partial charge in [0.25, 0.3) is 5.92 Å². The molecule has 0 fully saturated rings. The lowest BCUT2D eigenvalue weighted by atomic mass is 10.3. The summed E-state index contributed by atoms with van der Waals surface area (Å²) in [6.07, 6.45) is 0.191. The minimum atomic E-state index is -2.76. The van der Waals surface area contributed by atoms with E-state index in [0.717, 1.165) is 0 Å². The molecule has 0 spiro atoms. The summed E-state index contributed by atoms with van der Waals surface area (Å²) >= 11 is 0. The lowest BCUT2D eigenvalue weighted by Crippen LogP contribution is -2.07. The van der Waals surface area contributed by atoms with Crippen molar-refractivity contribution in [2.24, 2.45) is 0 Å². The zero-order valence-electron chi connectivity index (χ0n) is 3.95. The fourth-order valence-corrected chi connectivity index (χ4v) is 0.102. The molecular formula is C5H7F2. The van der Waals surface area contributed by atoms with E-state index in [1.807, 2.05) is 0 Å². The van der Waals surface area contributed by atoms with Gasteiger partial charge in [0.15, 0.2) is 0 Å². The van der Waals surface area contributed by atoms with E-state index in [9.17, 15) is 8.78 Å². The van der Waals surface area contributed by atoms with Crippen LogP contribution in [-0.2, 0) is 0 Å². The van der Waals surface area contributed by atoms with Crippen LogP contribution >= 0.6 is 0 Å². The van der Waals surface area contributed by atoms with Crippen LogP contribution in [0.1, 0.15) is 6.42 Å². The van der Waals surface area contributed by atoms with E-state index in [0.29, 0.717) is 6.08 Å². The van der Waals surface area contributed by atoms with E-state index >= 15 is 0 Å². The molecule has 0 aliphatic carbocycles. The monoisotopic (exact) mass is 105 g/mol. The Balaban J connectivity index is 3.58. The maximum atomic E-state index is 11.7. The van der Waals surface area contributed by atoms with E-state index in [4.69, 9.17) is 0 Å². The van der Waals surface area contributed by atoms with Gasteiger partial charge in [-0.25, -0.2) is 8.78 Å². The third-order valence-corrected chi connectivity index (χ3v) is 0.632. The molecule has 0 aromatic heterocycles. The smallest absolute Gasteiger partial charge is 0.202 e. The number of hydrogen-bond donors (Lipinski definition) is 0. The maximum absolute atomic E-state index is 11.7. The molecule has 0 saturated carbocycles. The molecule has 0 amide bonds. The molecule has 0 aromatic rings. The van der Waals surface area contributed by atoms with Crippen molar-refractivity contribution in [3.63, 3.8) is 0 Å². The van der Waals surface area contributed by atoms with Crippen LogP contribution in [0.2, 0.25) is 0 Å². The molecule has 7 heavy (non-hydrogen) atoms. The Bertz CT molecular complexity index is 66.5. The minimum Gasteiger partial charge on any atom is -0.202 e. The Morgan fingerprint density at radius 1 is 1.57 bits per heavy atom. The van der Waals surface area contributed by atoms with Crippen LogP contribution < -0.4 is 0 Å². The molecule has 0 unspecified atom stereocenters. The van der Waals surface area contributed by atoms with Crippen LogP contribution in [0.4, 0.5) is 8.78 Å². The number of rotatable bonds is 2. The number of halogens is 2. The normalized spacial score (nSPS) is 11.3. The Hall–Kier alpha value is -0.400. The molecule has 0 aliphatic heterocycles. The Morgan fingerprint density at radius 2 is 2.00 bits per heavy atom. The highest BCUT2D eigenvalue weighted by Gasteiger charge is 2.19. The van der Waals surface area contributed by atoms with Gasteiger partial charge in [-0.05, 0) is 13.0 Å². The number of allylic oxidation sites excluding steroid dienone is 1. The first-order valence-corrected chi connectivity index (χ1v) is 1.93. The van der Waals surface area contributed by atoms with Crippen LogP contribution in [0.25, 0.3) is 0 Å². The molecule has 0 nitrogen and oxygen atoms in total. The summed E-state index contributed by atoms with van der Waals surface area (Å²) in [5, 5.41) is 0. The molecule has 2 heteroatoms. The highest BCUT2D eigenvalue weighted by Crippen LogP contribution is 2.17. The van der Waals surface area contributed by atoms with Gasteiger partial charge in [0.2, 0.25) is 0 Å². The topological polar surface area (TPSA) is 0 Å². The van der Waals surface area contributed by atoms with Crippen molar-refractivity contribution in [2.75, 3.05) is 0 Å². The average molecular weight is 105 g/mol. The molecule has 1 radical (unpaired) electrons. The SMILES string of the molecule is [CH2]CC(F)(F)C=C. The van der Waals surface area contributed by atoms with Gasteiger partial charge in [0.1, 0.15) is 0 Å². The van der Waals surface area contributed by atoms with Crippen LogP contribution in [0, 0.1) is 6.92 Å². The highest BCUT2D eigenvalue weighted by atomic mass is 19.3. The van der Waals surface area contributed by atoms with Crippen LogP contribution in [0.3, 0.4) is 0 Å². The van der Waals surface area contributed by atoms with Gasteiger partial charge in [-0.1, -0.05) is 6.58 Å². The summed E-state index contributed by atoms with van der Waals surface area (Å²) in [6.45, 7) is 5.92. The molecule has 0 atom stereocenters. The first-order chi connectivity index (χ1) is 3.12. The fourth-order valence-electron chi connectivity index (χ4n) is 0.102. The van der Waals surface area contributed by atoms with E-state index in [2.05, 4.69) is 13.5 Å². The highest BCUT2D eigenvalue weighted by molar-refractivity contribution is 4.86. The maximum Gasteiger partial charge on any atom is 0.266 e. The van der Waals surface area contributed by atoms with Gasteiger partial charge in [0, 0.05) is 6.42 Å². The van der Waals surface area contributed by atoms with Crippen molar-refractivity contribution >= 4 is 0 Å². The standard InChI is InChI=1S/C5H7F2/c1-3-5(6,7)4-2/h3H,1-2,4H2. The second-order valence-corrected chi connectivity index (χ2v) is 1.22. The van der Waals surface area contributed by atoms with Crippen LogP contribution in [0.15, 0.2) is 12.7 Å². The van der Waals surface area contributed by atoms with E-state index in [1.165, 1.54) is 0 Å². The fraction of sp³-hybridized carbons (Fsp3) is 0.400. The van der Waals surface area contributed by atoms with Gasteiger partial charge in [0.05, 0.1) is 0 Å². The van der Waals surface area contributed by atoms with Gasteiger partial charge in [-0.3, -0.25) is 0 Å². The van der Waals surface area contributed by atoms with Gasteiger partial charge in [-0.2, -0.15) is 0 Å². The predicted molar refractivity (Wildman–Crippen MR) is 25.1 cm³/mol. The first kappa shape index (κ1) is 6.60. The van der Waals surface area contributed by atoms with Gasteiger partial charge < -0.3 is 0 Å². The predicted octanol–water partition coefficient (Wildman–Crippen LogP) is 2.03. The van der Waals surface area contributed by atoms with Crippen molar-refractivity contribution in [2.45, 2.75) is 12.3 Å². The number of hydrogen-bond acceptors (Lipinski definition) is 0. The summed E-state index contributed by atoms with van der Waals surface area (Å²) in [7, 11) is 0. The minimum absolute atomic E-state index is 0.406. The molecule has 0 rings (SSSR count). The summed E-state index contributed by atoms with van der Waals surface area (Å²) in [4.78, 5) is 0. The molecular weight excluding hydrogens is 98.1 g/mol. The third kappa shape index (κ3) is 2.31. The second kappa shape index (κ2) is 2.05. The average Bonchev–Trinajstić information content (AvgIpc) is 1.68. The Morgan fingerprint density at radius 3 is 2.00 bits per heavy atom. The van der Waals surface area contributed by atoms with Crippen molar-refractivity contribution in [1.29, 1.82) is 0 Å². The summed E-state index contributed by atoms with van der Waals surface area (Å²) < 4.78 is 23.4. The van der Waals surface area contributed by atoms with Crippen molar-refractivity contribution in [3.05, 3.63) is 19.6 Å². The summed E-state index contributed by atoms with van der Waals surface area (Å²) in [6, 6.07) is 0. The lowest BCUT2D eigenvalue weighted by Gasteiger charge is -2.04.